The second kappa shape index (κ2) is 12.1. The molecule has 1 fully saturated rings. The zero-order chi connectivity index (χ0) is 25.2. The van der Waals surface area contributed by atoms with Crippen molar-refractivity contribution in [1.82, 2.24) is 15.2 Å². The summed E-state index contributed by atoms with van der Waals surface area (Å²) in [5.41, 5.74) is 1.62. The Morgan fingerprint density at radius 2 is 1.56 bits per heavy atom. The molecule has 6 nitrogen and oxygen atoms in total. The fraction of sp³-hybridized carbons (Fsp3) is 0.267. The van der Waals surface area contributed by atoms with Gasteiger partial charge in [0.05, 0.1) is 0 Å². The first-order valence-electron chi connectivity index (χ1n) is 12.4. The molecule has 0 spiro atoms. The SMILES string of the molecule is O=C(C=Cc1cccnc1)NCCCCCCN1C(=O)CC(c2ccccc2)(c2ccccc2)C1=O. The summed E-state index contributed by atoms with van der Waals surface area (Å²) in [4.78, 5) is 44.1. The van der Waals surface area contributed by atoms with Gasteiger partial charge >= 0.3 is 0 Å². The Kier molecular flexibility index (Phi) is 8.40. The first-order valence-corrected chi connectivity index (χ1v) is 12.4. The first-order chi connectivity index (χ1) is 17.6. The van der Waals surface area contributed by atoms with Gasteiger partial charge in [0.25, 0.3) is 0 Å². The monoisotopic (exact) mass is 481 g/mol. The van der Waals surface area contributed by atoms with Crippen molar-refractivity contribution in [2.24, 2.45) is 0 Å². The fourth-order valence-electron chi connectivity index (χ4n) is 4.70. The highest BCUT2D eigenvalue weighted by Gasteiger charge is 2.53. The van der Waals surface area contributed by atoms with Crippen molar-refractivity contribution in [3.05, 3.63) is 108 Å². The van der Waals surface area contributed by atoms with Gasteiger partial charge in [0.15, 0.2) is 0 Å². The fourth-order valence-corrected chi connectivity index (χ4v) is 4.70. The van der Waals surface area contributed by atoms with Gasteiger partial charge in [0.2, 0.25) is 17.7 Å². The van der Waals surface area contributed by atoms with Crippen LogP contribution in [0.1, 0.15) is 48.8 Å². The van der Waals surface area contributed by atoms with E-state index in [9.17, 15) is 14.4 Å². The number of pyridine rings is 1. The largest absolute Gasteiger partial charge is 0.353 e. The number of hydrogen-bond donors (Lipinski definition) is 1. The molecule has 36 heavy (non-hydrogen) atoms. The van der Waals surface area contributed by atoms with E-state index in [1.807, 2.05) is 72.8 Å². The van der Waals surface area contributed by atoms with E-state index in [1.165, 1.54) is 11.0 Å². The van der Waals surface area contributed by atoms with E-state index in [0.29, 0.717) is 13.1 Å². The Morgan fingerprint density at radius 3 is 2.19 bits per heavy atom. The highest BCUT2D eigenvalue weighted by molar-refractivity contribution is 6.11. The predicted octanol–water partition coefficient (Wildman–Crippen LogP) is 4.52. The lowest BCUT2D eigenvalue weighted by Crippen LogP contribution is -2.39. The second-order valence-electron chi connectivity index (χ2n) is 8.99. The molecular weight excluding hydrogens is 450 g/mol. The Hall–Kier alpha value is -4.06. The lowest BCUT2D eigenvalue weighted by Gasteiger charge is -2.28. The molecular formula is C30H31N3O3. The molecule has 1 aliphatic rings. The number of carbonyl (C=O) groups excluding carboxylic acids is 3. The Balaban J connectivity index is 1.25. The maximum Gasteiger partial charge on any atom is 0.244 e. The normalized spacial score (nSPS) is 14.9. The minimum atomic E-state index is -0.965. The van der Waals surface area contributed by atoms with Crippen molar-refractivity contribution in [2.45, 2.75) is 37.5 Å². The molecule has 184 valence electrons. The van der Waals surface area contributed by atoms with Gasteiger partial charge in [-0.05, 0) is 41.7 Å². The molecule has 0 atom stereocenters. The number of unbranched alkanes of at least 4 members (excludes halogenated alkanes) is 3. The van der Waals surface area contributed by atoms with Crippen LogP contribution in [0.15, 0.2) is 91.3 Å². The molecule has 1 saturated heterocycles. The summed E-state index contributed by atoms with van der Waals surface area (Å²) in [5, 5.41) is 2.88. The van der Waals surface area contributed by atoms with E-state index in [4.69, 9.17) is 0 Å². The van der Waals surface area contributed by atoms with Crippen LogP contribution in [0.3, 0.4) is 0 Å². The molecule has 3 amide bonds. The lowest BCUT2D eigenvalue weighted by atomic mass is 9.73. The Morgan fingerprint density at radius 1 is 0.889 bits per heavy atom. The molecule has 0 radical (unpaired) electrons. The first kappa shape index (κ1) is 25.0. The molecule has 0 bridgehead atoms. The van der Waals surface area contributed by atoms with Crippen molar-refractivity contribution in [2.75, 3.05) is 13.1 Å². The van der Waals surface area contributed by atoms with Crippen molar-refractivity contribution < 1.29 is 14.4 Å². The minimum absolute atomic E-state index is 0.125. The smallest absolute Gasteiger partial charge is 0.244 e. The van der Waals surface area contributed by atoms with Gasteiger partial charge in [0.1, 0.15) is 5.41 Å². The molecule has 4 rings (SSSR count). The third-order valence-corrected chi connectivity index (χ3v) is 6.58. The van der Waals surface area contributed by atoms with E-state index in [0.717, 1.165) is 42.4 Å². The van der Waals surface area contributed by atoms with Gasteiger partial charge in [-0.15, -0.1) is 0 Å². The summed E-state index contributed by atoms with van der Waals surface area (Å²) in [7, 11) is 0. The molecule has 2 aromatic carbocycles. The van der Waals surface area contributed by atoms with Crippen molar-refractivity contribution >= 4 is 23.8 Å². The molecule has 1 aliphatic heterocycles. The molecule has 6 heteroatoms. The van der Waals surface area contributed by atoms with Gasteiger partial charge in [-0.25, -0.2) is 0 Å². The topological polar surface area (TPSA) is 79.4 Å². The van der Waals surface area contributed by atoms with Crippen LogP contribution >= 0.6 is 0 Å². The van der Waals surface area contributed by atoms with E-state index in [-0.39, 0.29) is 24.1 Å². The van der Waals surface area contributed by atoms with Crippen molar-refractivity contribution in [1.29, 1.82) is 0 Å². The number of nitrogens with zero attached hydrogens (tertiary/aromatic N) is 2. The molecule has 0 saturated carbocycles. The summed E-state index contributed by atoms with van der Waals surface area (Å²) in [5.74, 6) is -0.400. The predicted molar refractivity (Wildman–Crippen MR) is 140 cm³/mol. The third kappa shape index (κ3) is 5.77. The van der Waals surface area contributed by atoms with Crippen LogP contribution in [0.25, 0.3) is 6.08 Å². The highest BCUT2D eigenvalue weighted by atomic mass is 16.2. The van der Waals surface area contributed by atoms with E-state index >= 15 is 0 Å². The summed E-state index contributed by atoms with van der Waals surface area (Å²) in [6.45, 7) is 1.00. The molecule has 2 heterocycles. The molecule has 1 aromatic heterocycles. The number of imide groups is 1. The van der Waals surface area contributed by atoms with Gasteiger partial charge in [-0.1, -0.05) is 79.6 Å². The zero-order valence-corrected chi connectivity index (χ0v) is 20.3. The van der Waals surface area contributed by atoms with Gasteiger partial charge < -0.3 is 5.32 Å². The second-order valence-corrected chi connectivity index (χ2v) is 8.99. The van der Waals surface area contributed by atoms with Crippen LogP contribution < -0.4 is 5.32 Å². The van der Waals surface area contributed by atoms with E-state index in [2.05, 4.69) is 10.3 Å². The maximum absolute atomic E-state index is 13.7. The van der Waals surface area contributed by atoms with E-state index < -0.39 is 5.41 Å². The molecule has 3 aromatic rings. The van der Waals surface area contributed by atoms with Gasteiger partial charge in [-0.3, -0.25) is 24.3 Å². The van der Waals surface area contributed by atoms with Crippen molar-refractivity contribution in [3.8, 4) is 0 Å². The summed E-state index contributed by atoms with van der Waals surface area (Å²) in [6, 6.07) is 22.9. The van der Waals surface area contributed by atoms with Crippen molar-refractivity contribution in [3.63, 3.8) is 0 Å². The van der Waals surface area contributed by atoms with E-state index in [1.54, 1.807) is 18.5 Å². The van der Waals surface area contributed by atoms with Crippen LogP contribution in [0, 0.1) is 0 Å². The number of benzene rings is 2. The average molecular weight is 482 g/mol. The number of nitrogens with one attached hydrogen (secondary N) is 1. The minimum Gasteiger partial charge on any atom is -0.353 e. The summed E-state index contributed by atoms with van der Waals surface area (Å²) < 4.78 is 0. The highest BCUT2D eigenvalue weighted by Crippen LogP contribution is 2.42. The summed E-state index contributed by atoms with van der Waals surface area (Å²) >= 11 is 0. The molecule has 1 N–H and O–H groups in total. The van der Waals surface area contributed by atoms with Crippen LogP contribution in [-0.2, 0) is 19.8 Å². The third-order valence-electron chi connectivity index (χ3n) is 6.58. The maximum atomic E-state index is 13.7. The standard InChI is InChI=1S/C30H31N3O3/c34-27(18-17-24-12-11-19-31-23-24)32-20-9-1-2-10-21-33-28(35)22-30(29(33)36,25-13-5-3-6-14-25)26-15-7-4-8-16-26/h3-8,11-19,23H,1-2,9-10,20-22H2,(H,32,34). The van der Waals surface area contributed by atoms with Crippen LogP contribution in [0.4, 0.5) is 0 Å². The van der Waals surface area contributed by atoms with Crippen LogP contribution in [0.2, 0.25) is 0 Å². The lowest BCUT2D eigenvalue weighted by molar-refractivity contribution is -0.139. The molecule has 0 aliphatic carbocycles. The quantitative estimate of drug-likeness (QED) is 0.248. The number of amides is 3. The summed E-state index contributed by atoms with van der Waals surface area (Å²) in [6.07, 6.45) is 10.1. The Labute approximate surface area is 212 Å². The van der Waals surface area contributed by atoms with Crippen LogP contribution in [0.5, 0.6) is 0 Å². The van der Waals surface area contributed by atoms with Crippen LogP contribution in [-0.4, -0.2) is 40.7 Å². The molecule has 0 unspecified atom stereocenters. The van der Waals surface area contributed by atoms with Gasteiger partial charge in [0, 0.05) is 38.0 Å². The average Bonchev–Trinajstić information content (AvgIpc) is 3.18. The number of hydrogen-bond acceptors (Lipinski definition) is 4. The zero-order valence-electron chi connectivity index (χ0n) is 20.3. The van der Waals surface area contributed by atoms with Gasteiger partial charge in [-0.2, -0.15) is 0 Å². The number of likely N-dealkylation sites (tertiary alicyclic amines) is 1. The number of aromatic nitrogens is 1. The Bertz CT molecular complexity index is 1150. The number of carbonyl (C=O) groups is 3. The number of rotatable bonds is 11.